The van der Waals surface area contributed by atoms with E-state index < -0.39 is 29.2 Å². The van der Waals surface area contributed by atoms with Gasteiger partial charge in [-0.15, -0.1) is 0 Å². The summed E-state index contributed by atoms with van der Waals surface area (Å²) in [5, 5.41) is 0. The zero-order valence-corrected chi connectivity index (χ0v) is 6.52. The Morgan fingerprint density at radius 3 is 1.00 bits per heavy atom. The van der Waals surface area contributed by atoms with Crippen molar-refractivity contribution in [3.8, 4) is 0 Å². The van der Waals surface area contributed by atoms with Crippen LogP contribution in [0.15, 0.2) is 0 Å². The Balaban J connectivity index is 2.32. The molecule has 0 unspecified atom stereocenters. The third-order valence-corrected chi connectivity index (χ3v) is 0. The van der Waals surface area contributed by atoms with Crippen molar-refractivity contribution in [3.05, 3.63) is 0 Å². The first-order chi connectivity index (χ1) is 1.73. The summed E-state index contributed by atoms with van der Waals surface area (Å²) in [5.41, 5.74) is 0. The molecule has 0 radical (unpaired) electrons. The van der Waals surface area contributed by atoms with Crippen molar-refractivity contribution in [2.45, 2.75) is 0 Å². The molecule has 0 aliphatic heterocycles. The van der Waals surface area contributed by atoms with E-state index in [2.05, 4.69) is 0 Å². The summed E-state index contributed by atoms with van der Waals surface area (Å²) in [7, 11) is 0. The monoisotopic (exact) mass is 288 g/mol. The molecule has 0 N–H and O–H groups in total. The van der Waals surface area contributed by atoms with Crippen LogP contribution in [0, 0.1) is 29.2 Å². The molecule has 0 bridgehead atoms. The van der Waals surface area contributed by atoms with Gasteiger partial charge in [-0.1, -0.05) is 0 Å². The van der Waals surface area contributed by atoms with Gasteiger partial charge in [0.2, 0.25) is 0 Å². The molecule has 0 atom stereocenters. The molecule has 0 rings (SSSR count). The van der Waals surface area contributed by atoms with Crippen LogP contribution >= 0.6 is 0 Å². The van der Waals surface area contributed by atoms with Crippen molar-refractivity contribution in [1.82, 2.24) is 0 Å². The summed E-state index contributed by atoms with van der Waals surface area (Å²) in [6, 6.07) is 0. The van der Waals surface area contributed by atoms with Gasteiger partial charge in [-0.25, -0.2) is 0 Å². The maximum absolute atomic E-state index is 9.90. The summed E-state index contributed by atoms with van der Waals surface area (Å²) < 4.78 is 29.7. The van der Waals surface area contributed by atoms with E-state index >= 15 is 0 Å². The van der Waals surface area contributed by atoms with Crippen molar-refractivity contribution in [3.63, 3.8) is 0 Å². The van der Waals surface area contributed by atoms with Crippen LogP contribution in [-0.2, 0) is 0 Å². The van der Waals surface area contributed by atoms with E-state index in [0.717, 1.165) is 0 Å². The third-order valence-electron chi connectivity index (χ3n) is 0. The fraction of sp³-hybridized carbons (Fsp3) is 0. The van der Waals surface area contributed by atoms with Crippen LogP contribution in [0.1, 0.15) is 0 Å². The molecular weight excluding hydrogens is 288 g/mol. The molecule has 0 aromatic heterocycles. The molecule has 0 aliphatic rings. The molecule has 0 amide bonds. The van der Waals surface area contributed by atoms with Gasteiger partial charge in [0.15, 0.2) is 0 Å². The van der Waals surface area contributed by atoms with E-state index in [9.17, 15) is 5.91 Å². The number of hydrogen-bond donors (Lipinski definition) is 0. The quantitative estimate of drug-likeness (QED) is 0.629. The topological polar surface area (TPSA) is 0 Å². The number of halogens is 3. The zero-order chi connectivity index (χ0) is 3.58. The van der Waals surface area contributed by atoms with Crippen LogP contribution in [0.2, 0.25) is 0 Å². The predicted molar refractivity (Wildman–Crippen MR) is 3.32 cm³/mol. The van der Waals surface area contributed by atoms with E-state index in [1.165, 1.54) is 0 Å². The van der Waals surface area contributed by atoms with E-state index in [1.54, 1.807) is 0 Å². The second-order valence-corrected chi connectivity index (χ2v) is 2.31. The molecule has 4 heavy (non-hydrogen) atoms. The Kier molecular flexibility index (Phi) is 2.61. The summed E-state index contributed by atoms with van der Waals surface area (Å²) in [6.45, 7) is 0. The van der Waals surface area contributed by atoms with Gasteiger partial charge in [0.05, 0.1) is 0 Å². The first kappa shape index (κ1) is 4.88. The minimum atomic E-state index is -5.27. The normalized spacial score (nSPS) is 6.75. The van der Waals surface area contributed by atoms with Crippen molar-refractivity contribution in [2.75, 3.05) is 0 Å². The SMILES string of the molecule is [F][Pa]([F])[F]. The molecule has 0 fully saturated rings. The molecular formula is F3Pa. The Bertz CT molecular complexity index is 8.00. The standard InChI is InChI=1S/3FH.Pa/h3*1H;/q;;;+3/p-3. The van der Waals surface area contributed by atoms with Gasteiger partial charge >= 0.3 is 35.1 Å². The van der Waals surface area contributed by atoms with Gasteiger partial charge in [0, 0.05) is 0 Å². The van der Waals surface area contributed by atoms with Crippen molar-refractivity contribution in [2.24, 2.45) is 0 Å². The Hall–Kier alpha value is 0.881. The Morgan fingerprint density at radius 2 is 1.00 bits per heavy atom. The summed E-state index contributed by atoms with van der Waals surface area (Å²) in [6.07, 6.45) is 0. The number of hydrogen-bond acceptors (Lipinski definition) is 0. The molecule has 4 heteroatoms. The zero-order valence-electron chi connectivity index (χ0n) is 1.71. The Morgan fingerprint density at radius 1 is 1.00 bits per heavy atom. The molecule has 0 aromatic carbocycles. The first-order valence-electron chi connectivity index (χ1n) is 0.655. The molecule has 0 spiro atoms. The summed E-state index contributed by atoms with van der Waals surface area (Å²) in [4.78, 5) is 0. The first-order valence-corrected chi connectivity index (χ1v) is 6.11. The van der Waals surface area contributed by atoms with Crippen LogP contribution in [0.25, 0.3) is 0 Å². The van der Waals surface area contributed by atoms with E-state index in [-0.39, 0.29) is 0 Å². The van der Waals surface area contributed by atoms with Crippen molar-refractivity contribution < 1.29 is 35.1 Å². The third kappa shape index (κ3) is 13.1. The van der Waals surface area contributed by atoms with E-state index in [0.29, 0.717) is 0 Å². The molecule has 0 aliphatic carbocycles. The predicted octanol–water partition coefficient (Wildman–Crippen LogP) is 1.26. The molecule has 0 saturated heterocycles. The molecule has 0 nitrogen and oxygen atoms in total. The van der Waals surface area contributed by atoms with Crippen LogP contribution in [0.3, 0.4) is 0 Å². The van der Waals surface area contributed by atoms with Gasteiger partial charge in [-0.05, 0) is 0 Å². The van der Waals surface area contributed by atoms with Gasteiger partial charge < -0.3 is 0 Å². The fourth-order valence-electron chi connectivity index (χ4n) is 0. The van der Waals surface area contributed by atoms with E-state index in [1.807, 2.05) is 0 Å². The maximum atomic E-state index is 9.90. The van der Waals surface area contributed by atoms with Crippen LogP contribution < -0.4 is 0 Å². The van der Waals surface area contributed by atoms with Gasteiger partial charge in [-0.2, -0.15) is 0 Å². The molecule has 0 saturated carbocycles. The summed E-state index contributed by atoms with van der Waals surface area (Å²) >= 11 is -5.27. The minimum absolute atomic E-state index is 5.27. The second-order valence-electron chi connectivity index (χ2n) is 0.247. The second kappa shape index (κ2) is 2.14. The van der Waals surface area contributed by atoms with Crippen LogP contribution in [-0.4, -0.2) is 0 Å². The van der Waals surface area contributed by atoms with Gasteiger partial charge in [0.25, 0.3) is 0 Å². The number of rotatable bonds is 0. The van der Waals surface area contributed by atoms with Gasteiger partial charge in [0.1, 0.15) is 0 Å². The molecule has 24 valence electrons. The fourth-order valence-corrected chi connectivity index (χ4v) is 0. The van der Waals surface area contributed by atoms with Crippen molar-refractivity contribution in [1.29, 1.82) is 0 Å². The summed E-state index contributed by atoms with van der Waals surface area (Å²) in [5.74, 6) is 0. The van der Waals surface area contributed by atoms with Crippen molar-refractivity contribution >= 4 is 0 Å². The van der Waals surface area contributed by atoms with E-state index in [4.69, 9.17) is 0 Å². The average molecular weight is 288 g/mol. The molecule has 0 aromatic rings. The van der Waals surface area contributed by atoms with Crippen LogP contribution in [0.5, 0.6) is 0 Å². The Labute approximate surface area is 35.2 Å². The average Bonchev–Trinajstić information content (AvgIpc) is 0.811. The molecule has 0 heterocycles. The van der Waals surface area contributed by atoms with Crippen LogP contribution in [0.4, 0.5) is 5.91 Å². The van der Waals surface area contributed by atoms with Gasteiger partial charge in [-0.3, -0.25) is 0 Å².